The summed E-state index contributed by atoms with van der Waals surface area (Å²) >= 11 is 0. The van der Waals surface area contributed by atoms with E-state index in [0.29, 0.717) is 17.9 Å². The fourth-order valence-corrected chi connectivity index (χ4v) is 4.30. The van der Waals surface area contributed by atoms with Crippen molar-refractivity contribution in [2.75, 3.05) is 22.8 Å². The highest BCUT2D eigenvalue weighted by Gasteiger charge is 2.24. The van der Waals surface area contributed by atoms with E-state index in [9.17, 15) is 17.6 Å². The second-order valence-corrected chi connectivity index (χ2v) is 8.83. The van der Waals surface area contributed by atoms with Crippen LogP contribution in [-0.4, -0.2) is 27.9 Å². The van der Waals surface area contributed by atoms with Crippen LogP contribution in [-0.2, 0) is 10.0 Å². The van der Waals surface area contributed by atoms with Gasteiger partial charge in [-0.2, -0.15) is 0 Å². The first-order chi connectivity index (χ1) is 14.2. The average molecular weight is 427 g/mol. The van der Waals surface area contributed by atoms with Crippen molar-refractivity contribution in [1.29, 1.82) is 0 Å². The van der Waals surface area contributed by atoms with Crippen LogP contribution in [0.3, 0.4) is 0 Å². The van der Waals surface area contributed by atoms with E-state index in [-0.39, 0.29) is 16.4 Å². The Morgan fingerprint density at radius 1 is 0.933 bits per heavy atom. The minimum absolute atomic E-state index is 0.0200. The summed E-state index contributed by atoms with van der Waals surface area (Å²) in [6, 6.07) is 18.7. The summed E-state index contributed by atoms with van der Waals surface area (Å²) in [5, 5.41) is 0. The first-order valence-electron chi connectivity index (χ1n) is 9.47. The van der Waals surface area contributed by atoms with Gasteiger partial charge in [-0.05, 0) is 68.4 Å². The van der Waals surface area contributed by atoms with Gasteiger partial charge in [0.25, 0.3) is 15.9 Å². The van der Waals surface area contributed by atoms with Gasteiger partial charge in [0.15, 0.2) is 0 Å². The molecule has 0 atom stereocenters. The number of rotatable bonds is 6. The molecule has 0 unspecified atom stereocenters. The van der Waals surface area contributed by atoms with Crippen molar-refractivity contribution in [2.45, 2.75) is 18.7 Å². The van der Waals surface area contributed by atoms with Gasteiger partial charge < -0.3 is 4.90 Å². The molecule has 1 amide bonds. The Labute approximate surface area is 176 Å². The van der Waals surface area contributed by atoms with Gasteiger partial charge in [-0.3, -0.25) is 9.10 Å². The molecular weight excluding hydrogens is 403 g/mol. The van der Waals surface area contributed by atoms with Crippen LogP contribution in [0.4, 0.5) is 15.8 Å². The Kier molecular flexibility index (Phi) is 6.22. The minimum Gasteiger partial charge on any atom is -0.309 e. The van der Waals surface area contributed by atoms with Crippen LogP contribution in [0.2, 0.25) is 0 Å². The normalized spacial score (nSPS) is 11.2. The van der Waals surface area contributed by atoms with E-state index < -0.39 is 15.8 Å². The molecule has 0 fully saturated rings. The number of aryl methyl sites for hydroxylation is 1. The van der Waals surface area contributed by atoms with Crippen molar-refractivity contribution in [1.82, 2.24) is 0 Å². The fourth-order valence-electron chi connectivity index (χ4n) is 3.06. The van der Waals surface area contributed by atoms with E-state index in [1.54, 1.807) is 31.2 Å². The van der Waals surface area contributed by atoms with Crippen molar-refractivity contribution in [3.63, 3.8) is 0 Å². The van der Waals surface area contributed by atoms with Gasteiger partial charge >= 0.3 is 0 Å². The minimum atomic E-state index is -3.85. The molecule has 3 aromatic rings. The highest BCUT2D eigenvalue weighted by atomic mass is 32.2. The van der Waals surface area contributed by atoms with E-state index >= 15 is 0 Å². The predicted octanol–water partition coefficient (Wildman–Crippen LogP) is 4.63. The number of hydrogen-bond acceptors (Lipinski definition) is 3. The van der Waals surface area contributed by atoms with Crippen LogP contribution >= 0.6 is 0 Å². The maximum atomic E-state index is 13.2. The van der Waals surface area contributed by atoms with Crippen LogP contribution in [0, 0.1) is 12.7 Å². The molecule has 0 aliphatic heterocycles. The molecule has 156 valence electrons. The summed E-state index contributed by atoms with van der Waals surface area (Å²) in [6.07, 6.45) is 0. The van der Waals surface area contributed by atoms with Gasteiger partial charge in [-0.25, -0.2) is 12.8 Å². The Morgan fingerprint density at radius 3 is 2.13 bits per heavy atom. The molecule has 3 aromatic carbocycles. The Hall–Kier alpha value is -3.19. The van der Waals surface area contributed by atoms with Crippen molar-refractivity contribution in [3.05, 3.63) is 89.7 Å². The number of nitrogens with zero attached hydrogens (tertiary/aromatic N) is 2. The Morgan fingerprint density at radius 2 is 1.53 bits per heavy atom. The molecule has 0 radical (unpaired) electrons. The molecule has 0 aliphatic carbocycles. The lowest BCUT2D eigenvalue weighted by molar-refractivity contribution is 0.0988. The molecule has 0 heterocycles. The second kappa shape index (κ2) is 8.67. The molecule has 0 aromatic heterocycles. The van der Waals surface area contributed by atoms with Crippen LogP contribution in [0.1, 0.15) is 22.8 Å². The monoisotopic (exact) mass is 426 g/mol. The van der Waals surface area contributed by atoms with Gasteiger partial charge in [-0.1, -0.05) is 23.8 Å². The zero-order valence-electron chi connectivity index (χ0n) is 17.0. The van der Waals surface area contributed by atoms with Crippen LogP contribution in [0.5, 0.6) is 0 Å². The summed E-state index contributed by atoms with van der Waals surface area (Å²) in [5.41, 5.74) is 2.32. The van der Waals surface area contributed by atoms with Crippen LogP contribution in [0.15, 0.2) is 77.7 Å². The highest BCUT2D eigenvalue weighted by Crippen LogP contribution is 2.24. The molecule has 0 saturated heterocycles. The molecule has 0 spiro atoms. The number of amides is 1. The van der Waals surface area contributed by atoms with Crippen molar-refractivity contribution >= 4 is 27.3 Å². The van der Waals surface area contributed by atoms with E-state index in [1.165, 1.54) is 52.7 Å². The molecule has 3 rings (SSSR count). The third kappa shape index (κ3) is 4.36. The number of sulfonamides is 1. The summed E-state index contributed by atoms with van der Waals surface area (Å²) < 4.78 is 40.6. The highest BCUT2D eigenvalue weighted by molar-refractivity contribution is 7.92. The Balaban J connectivity index is 1.93. The van der Waals surface area contributed by atoms with Crippen LogP contribution < -0.4 is 9.21 Å². The van der Waals surface area contributed by atoms with Gasteiger partial charge in [-0.15, -0.1) is 0 Å². The quantitative estimate of drug-likeness (QED) is 0.578. The summed E-state index contributed by atoms with van der Waals surface area (Å²) in [4.78, 5) is 14.5. The first kappa shape index (κ1) is 21.5. The molecule has 30 heavy (non-hydrogen) atoms. The molecule has 0 saturated carbocycles. The van der Waals surface area contributed by atoms with E-state index in [2.05, 4.69) is 0 Å². The third-order valence-electron chi connectivity index (χ3n) is 4.84. The standard InChI is InChI=1S/C23H23FN2O3S/c1-4-26(21-14-10-19(24)11-15-21)23(27)18-6-5-7-22(16-18)30(28,29)25(3)20-12-8-17(2)9-13-20/h5-16H,4H2,1-3H3. The van der Waals surface area contributed by atoms with Gasteiger partial charge in [0.1, 0.15) is 5.82 Å². The maximum absolute atomic E-state index is 13.2. The molecule has 5 nitrogen and oxygen atoms in total. The number of benzene rings is 3. The number of carbonyl (C=O) groups excluding carboxylic acids is 1. The summed E-state index contributed by atoms with van der Waals surface area (Å²) in [6.45, 7) is 4.08. The molecule has 0 aliphatic rings. The molecule has 0 N–H and O–H groups in total. The van der Waals surface area contributed by atoms with Crippen molar-refractivity contribution in [3.8, 4) is 0 Å². The number of hydrogen-bond donors (Lipinski definition) is 0. The molecular formula is C23H23FN2O3S. The first-order valence-corrected chi connectivity index (χ1v) is 10.9. The van der Waals surface area contributed by atoms with Crippen molar-refractivity contribution < 1.29 is 17.6 Å². The van der Waals surface area contributed by atoms with Crippen molar-refractivity contribution in [2.24, 2.45) is 0 Å². The SMILES string of the molecule is CCN(C(=O)c1cccc(S(=O)(=O)N(C)c2ccc(C)cc2)c1)c1ccc(F)cc1. The van der Waals surface area contributed by atoms with E-state index in [0.717, 1.165) is 5.56 Å². The number of carbonyl (C=O) groups is 1. The third-order valence-corrected chi connectivity index (χ3v) is 6.62. The summed E-state index contributed by atoms with van der Waals surface area (Å²) in [7, 11) is -2.37. The number of anilines is 2. The zero-order valence-corrected chi connectivity index (χ0v) is 17.9. The largest absolute Gasteiger partial charge is 0.309 e. The van der Waals surface area contributed by atoms with E-state index in [4.69, 9.17) is 0 Å². The maximum Gasteiger partial charge on any atom is 0.264 e. The van der Waals surface area contributed by atoms with Crippen LogP contribution in [0.25, 0.3) is 0 Å². The zero-order chi connectivity index (χ0) is 21.9. The number of halogens is 1. The lowest BCUT2D eigenvalue weighted by Gasteiger charge is -2.22. The fraction of sp³-hybridized carbons (Fsp3) is 0.174. The lowest BCUT2D eigenvalue weighted by Crippen LogP contribution is -2.31. The average Bonchev–Trinajstić information content (AvgIpc) is 2.75. The van der Waals surface area contributed by atoms with Gasteiger partial charge in [0, 0.05) is 24.8 Å². The summed E-state index contributed by atoms with van der Waals surface area (Å²) in [5.74, 6) is -0.756. The molecule has 7 heteroatoms. The predicted molar refractivity (Wildman–Crippen MR) is 117 cm³/mol. The smallest absolute Gasteiger partial charge is 0.264 e. The second-order valence-electron chi connectivity index (χ2n) is 6.86. The Bertz CT molecular complexity index is 1140. The van der Waals surface area contributed by atoms with Gasteiger partial charge in [0.2, 0.25) is 0 Å². The van der Waals surface area contributed by atoms with Gasteiger partial charge in [0.05, 0.1) is 10.6 Å². The lowest BCUT2D eigenvalue weighted by atomic mass is 10.2. The van der Waals surface area contributed by atoms with E-state index in [1.807, 2.05) is 19.1 Å². The molecule has 0 bridgehead atoms. The topological polar surface area (TPSA) is 57.7 Å².